The maximum Gasteiger partial charge on any atom is 0.335 e. The first kappa shape index (κ1) is 14.2. The van der Waals surface area contributed by atoms with Gasteiger partial charge >= 0.3 is 5.97 Å². The standard InChI is InChI=1S/C12H12O2.C2H6/c1-9-5-3-4-6-11(9)8-7-10(2)12(13)14;1-2/h3-8H,2H2,1H3,(H,13,14);1-2H3/b8-7-;. The maximum atomic E-state index is 10.5. The molecule has 0 amide bonds. The zero-order valence-electron chi connectivity index (χ0n) is 10.0. The molecule has 0 aliphatic heterocycles. The molecule has 0 heterocycles. The molecule has 2 heteroatoms. The summed E-state index contributed by atoms with van der Waals surface area (Å²) in [6.45, 7) is 9.39. The fraction of sp³-hybridized carbons (Fsp3) is 0.214. The highest BCUT2D eigenvalue weighted by atomic mass is 16.4. The summed E-state index contributed by atoms with van der Waals surface area (Å²) in [5.74, 6) is -0.991. The zero-order chi connectivity index (χ0) is 12.6. The zero-order valence-corrected chi connectivity index (χ0v) is 10.0. The van der Waals surface area contributed by atoms with Gasteiger partial charge in [0.1, 0.15) is 0 Å². The summed E-state index contributed by atoms with van der Waals surface area (Å²) >= 11 is 0. The number of hydrogen-bond acceptors (Lipinski definition) is 1. The topological polar surface area (TPSA) is 37.3 Å². The van der Waals surface area contributed by atoms with Gasteiger partial charge in [0.2, 0.25) is 0 Å². The number of rotatable bonds is 3. The molecule has 0 spiro atoms. The molecule has 1 aromatic carbocycles. The number of carbonyl (C=O) groups is 1. The number of hydrogen-bond donors (Lipinski definition) is 1. The SMILES string of the molecule is C=C(/C=C\c1ccccc1C)C(=O)O.CC. The lowest BCUT2D eigenvalue weighted by Gasteiger charge is -1.98. The summed E-state index contributed by atoms with van der Waals surface area (Å²) in [7, 11) is 0. The van der Waals surface area contributed by atoms with Crippen molar-refractivity contribution in [3.8, 4) is 0 Å². The molecule has 0 atom stereocenters. The van der Waals surface area contributed by atoms with Crippen molar-refractivity contribution in [2.45, 2.75) is 20.8 Å². The minimum atomic E-state index is -0.991. The minimum absolute atomic E-state index is 0.0910. The Labute approximate surface area is 96.9 Å². The van der Waals surface area contributed by atoms with E-state index in [2.05, 4.69) is 6.58 Å². The highest BCUT2D eigenvalue weighted by molar-refractivity contribution is 5.90. The van der Waals surface area contributed by atoms with Crippen molar-refractivity contribution in [2.24, 2.45) is 0 Å². The molecule has 1 aromatic rings. The van der Waals surface area contributed by atoms with Crippen molar-refractivity contribution in [1.82, 2.24) is 0 Å². The Morgan fingerprint density at radius 3 is 2.38 bits per heavy atom. The second kappa shape index (κ2) is 7.46. The Morgan fingerprint density at radius 2 is 1.88 bits per heavy atom. The third-order valence-electron chi connectivity index (χ3n) is 1.93. The van der Waals surface area contributed by atoms with E-state index in [-0.39, 0.29) is 5.57 Å². The van der Waals surface area contributed by atoms with Crippen molar-refractivity contribution < 1.29 is 9.90 Å². The number of carboxylic acids is 1. The van der Waals surface area contributed by atoms with Gasteiger partial charge in [-0.2, -0.15) is 0 Å². The summed E-state index contributed by atoms with van der Waals surface area (Å²) in [5, 5.41) is 8.58. The molecule has 2 nitrogen and oxygen atoms in total. The Kier molecular flexibility index (Phi) is 6.61. The second-order valence-electron chi connectivity index (χ2n) is 3.02. The average Bonchev–Trinajstić information content (AvgIpc) is 2.30. The fourth-order valence-corrected chi connectivity index (χ4v) is 1.04. The highest BCUT2D eigenvalue weighted by Crippen LogP contribution is 2.10. The van der Waals surface area contributed by atoms with E-state index in [4.69, 9.17) is 5.11 Å². The van der Waals surface area contributed by atoms with E-state index in [1.165, 1.54) is 6.08 Å². The third-order valence-corrected chi connectivity index (χ3v) is 1.93. The van der Waals surface area contributed by atoms with Crippen LogP contribution in [-0.4, -0.2) is 11.1 Å². The molecule has 1 rings (SSSR count). The van der Waals surface area contributed by atoms with Crippen molar-refractivity contribution in [2.75, 3.05) is 0 Å². The quantitative estimate of drug-likeness (QED) is 0.620. The predicted octanol–water partition coefficient (Wildman–Crippen LogP) is 3.68. The molecular formula is C14H18O2. The van der Waals surface area contributed by atoms with Crippen LogP contribution in [0.25, 0.3) is 6.08 Å². The second-order valence-corrected chi connectivity index (χ2v) is 3.02. The largest absolute Gasteiger partial charge is 0.478 e. The van der Waals surface area contributed by atoms with Crippen LogP contribution in [0.4, 0.5) is 0 Å². The summed E-state index contributed by atoms with van der Waals surface area (Å²) in [6.07, 6.45) is 3.26. The van der Waals surface area contributed by atoms with E-state index in [1.54, 1.807) is 6.08 Å². The van der Waals surface area contributed by atoms with E-state index in [1.807, 2.05) is 45.0 Å². The summed E-state index contributed by atoms with van der Waals surface area (Å²) < 4.78 is 0. The van der Waals surface area contributed by atoms with Crippen LogP contribution in [0.3, 0.4) is 0 Å². The Balaban J connectivity index is 0.00000106. The summed E-state index contributed by atoms with van der Waals surface area (Å²) in [6, 6.07) is 7.76. The lowest BCUT2D eigenvalue weighted by molar-refractivity contribution is -0.132. The van der Waals surface area contributed by atoms with Crippen LogP contribution in [0.5, 0.6) is 0 Å². The molecule has 0 aromatic heterocycles. The summed E-state index contributed by atoms with van der Waals surface area (Å²) in [4.78, 5) is 10.5. The lowest BCUT2D eigenvalue weighted by Crippen LogP contribution is -1.94. The van der Waals surface area contributed by atoms with E-state index in [0.717, 1.165) is 11.1 Å². The van der Waals surface area contributed by atoms with E-state index >= 15 is 0 Å². The van der Waals surface area contributed by atoms with E-state index in [9.17, 15) is 4.79 Å². The molecular weight excluding hydrogens is 200 g/mol. The van der Waals surface area contributed by atoms with Gasteiger partial charge in [-0.05, 0) is 24.1 Å². The first-order valence-electron chi connectivity index (χ1n) is 5.27. The van der Waals surface area contributed by atoms with Gasteiger partial charge in [-0.3, -0.25) is 0 Å². The molecule has 0 unspecified atom stereocenters. The van der Waals surface area contributed by atoms with Gasteiger partial charge < -0.3 is 5.11 Å². The van der Waals surface area contributed by atoms with Gasteiger partial charge in [-0.25, -0.2) is 4.79 Å². The van der Waals surface area contributed by atoms with Gasteiger partial charge in [0.05, 0.1) is 5.57 Å². The van der Waals surface area contributed by atoms with E-state index < -0.39 is 5.97 Å². The molecule has 86 valence electrons. The van der Waals surface area contributed by atoms with Gasteiger partial charge in [-0.1, -0.05) is 50.8 Å². The molecule has 0 bridgehead atoms. The maximum absolute atomic E-state index is 10.5. The van der Waals surface area contributed by atoms with E-state index in [0.29, 0.717) is 0 Å². The number of carboxylic acid groups (broad SMARTS) is 1. The average molecular weight is 218 g/mol. The van der Waals surface area contributed by atoms with Crippen LogP contribution < -0.4 is 0 Å². The fourth-order valence-electron chi connectivity index (χ4n) is 1.04. The van der Waals surface area contributed by atoms with Crippen LogP contribution in [0, 0.1) is 6.92 Å². The van der Waals surface area contributed by atoms with Crippen molar-refractivity contribution in [3.63, 3.8) is 0 Å². The molecule has 16 heavy (non-hydrogen) atoms. The predicted molar refractivity (Wildman–Crippen MR) is 68.3 cm³/mol. The van der Waals surface area contributed by atoms with Gasteiger partial charge in [0.25, 0.3) is 0 Å². The third kappa shape index (κ3) is 4.60. The first-order chi connectivity index (χ1) is 7.61. The van der Waals surface area contributed by atoms with Crippen LogP contribution in [0.15, 0.2) is 42.5 Å². The smallest absolute Gasteiger partial charge is 0.335 e. The monoisotopic (exact) mass is 218 g/mol. The lowest BCUT2D eigenvalue weighted by atomic mass is 10.1. The van der Waals surface area contributed by atoms with Crippen molar-refractivity contribution >= 4 is 12.0 Å². The molecule has 0 saturated heterocycles. The Bertz CT molecular complexity index is 389. The van der Waals surface area contributed by atoms with Gasteiger partial charge in [0, 0.05) is 0 Å². The molecule has 0 aliphatic carbocycles. The van der Waals surface area contributed by atoms with Crippen LogP contribution in [0.1, 0.15) is 25.0 Å². The molecule has 0 radical (unpaired) electrons. The van der Waals surface area contributed by atoms with Gasteiger partial charge in [-0.15, -0.1) is 0 Å². The normalized spacial score (nSPS) is 9.44. The molecule has 1 N–H and O–H groups in total. The minimum Gasteiger partial charge on any atom is -0.478 e. The van der Waals surface area contributed by atoms with Crippen molar-refractivity contribution in [3.05, 3.63) is 53.6 Å². The number of aryl methyl sites for hydroxylation is 1. The van der Waals surface area contributed by atoms with Gasteiger partial charge in [0.15, 0.2) is 0 Å². The first-order valence-corrected chi connectivity index (χ1v) is 5.27. The Hall–Kier alpha value is -1.83. The Morgan fingerprint density at radius 1 is 1.31 bits per heavy atom. The van der Waals surface area contributed by atoms with Crippen LogP contribution >= 0.6 is 0 Å². The van der Waals surface area contributed by atoms with Crippen LogP contribution in [0.2, 0.25) is 0 Å². The molecule has 0 aliphatic rings. The van der Waals surface area contributed by atoms with Crippen LogP contribution in [-0.2, 0) is 4.79 Å². The van der Waals surface area contributed by atoms with Crippen molar-refractivity contribution in [1.29, 1.82) is 0 Å². The number of benzene rings is 1. The molecule has 0 saturated carbocycles. The number of aliphatic carboxylic acids is 1. The highest BCUT2D eigenvalue weighted by Gasteiger charge is 1.98. The summed E-state index contributed by atoms with van der Waals surface area (Å²) in [5.41, 5.74) is 2.21. The molecule has 0 fully saturated rings.